The first-order valence-corrected chi connectivity index (χ1v) is 6.27. The Hall–Kier alpha value is -2.70. The minimum Gasteiger partial charge on any atom is -0.497 e. The minimum atomic E-state index is -0.682. The average Bonchev–Trinajstić information content (AvgIpc) is 2.71. The number of anilines is 1. The van der Waals surface area contributed by atoms with Gasteiger partial charge in [0.25, 0.3) is 5.56 Å². The number of hydrogen-bond donors (Lipinski definition) is 1. The molecule has 0 spiro atoms. The lowest BCUT2D eigenvalue weighted by atomic mass is 10.3. The molecule has 1 N–H and O–H groups in total. The van der Waals surface area contributed by atoms with Crippen LogP contribution < -0.4 is 15.6 Å². The summed E-state index contributed by atoms with van der Waals surface area (Å²) in [4.78, 5) is 23.8. The lowest BCUT2D eigenvalue weighted by Gasteiger charge is -2.09. The lowest BCUT2D eigenvalue weighted by molar-refractivity contribution is 0.187. The van der Waals surface area contributed by atoms with E-state index in [1.54, 1.807) is 50.0 Å². The second-order valence-corrected chi connectivity index (χ2v) is 4.42. The van der Waals surface area contributed by atoms with Crippen molar-refractivity contribution < 1.29 is 14.3 Å². The molecule has 1 aromatic carbocycles. The van der Waals surface area contributed by atoms with Gasteiger partial charge >= 0.3 is 6.09 Å². The summed E-state index contributed by atoms with van der Waals surface area (Å²) in [5, 5.41) is 2.44. The van der Waals surface area contributed by atoms with Crippen LogP contribution in [0.15, 0.2) is 29.1 Å². The molecule has 0 aliphatic heterocycles. The van der Waals surface area contributed by atoms with Crippen LogP contribution in [-0.4, -0.2) is 29.7 Å². The van der Waals surface area contributed by atoms with Gasteiger partial charge in [0.2, 0.25) is 0 Å². The molecule has 2 rings (SSSR count). The largest absolute Gasteiger partial charge is 0.497 e. The molecule has 0 unspecified atom stereocenters. The van der Waals surface area contributed by atoms with Crippen LogP contribution in [0.2, 0.25) is 0 Å². The quantitative estimate of drug-likeness (QED) is 0.933. The predicted molar refractivity (Wildman–Crippen MR) is 78.3 cm³/mol. The van der Waals surface area contributed by atoms with E-state index in [1.807, 2.05) is 0 Å². The number of aromatic nitrogens is 2. The highest BCUT2D eigenvalue weighted by atomic mass is 16.5. The summed E-state index contributed by atoms with van der Waals surface area (Å²) in [5.74, 6) is 0.640. The van der Waals surface area contributed by atoms with Crippen molar-refractivity contribution in [2.24, 2.45) is 7.05 Å². The number of benzene rings is 1. The Morgan fingerprint density at radius 2 is 2.00 bits per heavy atom. The van der Waals surface area contributed by atoms with E-state index >= 15 is 0 Å². The molecule has 112 valence electrons. The molecule has 0 bridgehead atoms. The first kappa shape index (κ1) is 14.7. The van der Waals surface area contributed by atoms with E-state index in [0.29, 0.717) is 17.1 Å². The monoisotopic (exact) mass is 291 g/mol. The number of nitrogens with one attached hydrogen (secondary N) is 1. The van der Waals surface area contributed by atoms with Crippen LogP contribution >= 0.6 is 0 Å². The Morgan fingerprint density at radius 3 is 2.62 bits per heavy atom. The second kappa shape index (κ2) is 5.74. The Bertz CT molecular complexity index is 730. The van der Waals surface area contributed by atoms with Gasteiger partial charge < -0.3 is 9.47 Å². The summed E-state index contributed by atoms with van der Waals surface area (Å²) in [6.07, 6.45) is -0.682. The molecule has 21 heavy (non-hydrogen) atoms. The minimum absolute atomic E-state index is 0.187. The third kappa shape index (κ3) is 2.62. The topological polar surface area (TPSA) is 74.5 Å². The predicted octanol–water partition coefficient (Wildman–Crippen LogP) is 1.67. The smallest absolute Gasteiger partial charge is 0.411 e. The molecule has 0 radical (unpaired) electrons. The summed E-state index contributed by atoms with van der Waals surface area (Å²) in [7, 11) is 4.54. The molecule has 0 saturated carbocycles. The van der Waals surface area contributed by atoms with Crippen LogP contribution in [-0.2, 0) is 11.8 Å². The van der Waals surface area contributed by atoms with Crippen molar-refractivity contribution in [3.8, 4) is 11.4 Å². The van der Waals surface area contributed by atoms with Gasteiger partial charge in [0, 0.05) is 13.1 Å². The van der Waals surface area contributed by atoms with Crippen LogP contribution in [0.5, 0.6) is 5.75 Å². The van der Waals surface area contributed by atoms with E-state index in [1.165, 1.54) is 11.8 Å². The van der Waals surface area contributed by atoms with Gasteiger partial charge in [-0.2, -0.15) is 0 Å². The zero-order valence-electron chi connectivity index (χ0n) is 12.3. The molecule has 0 aliphatic rings. The highest BCUT2D eigenvalue weighted by Crippen LogP contribution is 2.18. The van der Waals surface area contributed by atoms with E-state index in [-0.39, 0.29) is 11.2 Å². The standard InChI is InChI=1S/C14H17N3O4/c1-9-12(15-14(19)21-4)13(18)17(16(9)2)10-6-5-7-11(8-10)20-3/h5-8H,1-4H3,(H,15,19). The van der Waals surface area contributed by atoms with E-state index in [4.69, 9.17) is 4.74 Å². The average molecular weight is 291 g/mol. The number of rotatable bonds is 3. The van der Waals surface area contributed by atoms with Crippen molar-refractivity contribution in [2.75, 3.05) is 19.5 Å². The first-order valence-electron chi connectivity index (χ1n) is 6.27. The number of carbonyl (C=O) groups is 1. The molecule has 0 aliphatic carbocycles. The number of ether oxygens (including phenoxy) is 2. The van der Waals surface area contributed by atoms with Gasteiger partial charge in [-0.3, -0.25) is 14.8 Å². The van der Waals surface area contributed by atoms with Crippen LogP contribution in [0.3, 0.4) is 0 Å². The second-order valence-electron chi connectivity index (χ2n) is 4.42. The Balaban J connectivity index is 2.57. The zero-order valence-corrected chi connectivity index (χ0v) is 12.3. The molecule has 1 amide bonds. The fourth-order valence-electron chi connectivity index (χ4n) is 2.04. The number of amides is 1. The number of hydrogen-bond acceptors (Lipinski definition) is 4. The fraction of sp³-hybridized carbons (Fsp3) is 0.286. The molecular weight excluding hydrogens is 274 g/mol. The van der Waals surface area contributed by atoms with Crippen LogP contribution in [0.25, 0.3) is 5.69 Å². The maximum absolute atomic E-state index is 12.5. The van der Waals surface area contributed by atoms with Crippen molar-refractivity contribution in [1.29, 1.82) is 0 Å². The molecule has 2 aromatic rings. The van der Waals surface area contributed by atoms with Gasteiger partial charge in [-0.25, -0.2) is 9.48 Å². The van der Waals surface area contributed by atoms with Crippen molar-refractivity contribution >= 4 is 11.8 Å². The Morgan fingerprint density at radius 1 is 1.29 bits per heavy atom. The highest BCUT2D eigenvalue weighted by molar-refractivity contribution is 5.85. The van der Waals surface area contributed by atoms with Crippen molar-refractivity contribution in [2.45, 2.75) is 6.92 Å². The Labute approximate surface area is 121 Å². The molecular formula is C14H17N3O4. The highest BCUT2D eigenvalue weighted by Gasteiger charge is 2.18. The lowest BCUT2D eigenvalue weighted by Crippen LogP contribution is -2.22. The van der Waals surface area contributed by atoms with E-state index < -0.39 is 6.09 Å². The first-order chi connectivity index (χ1) is 9.99. The summed E-state index contributed by atoms with van der Waals surface area (Å²) in [6, 6.07) is 7.10. The molecule has 7 heteroatoms. The van der Waals surface area contributed by atoms with E-state index in [0.717, 1.165) is 0 Å². The summed E-state index contributed by atoms with van der Waals surface area (Å²) in [5.41, 5.74) is 1.11. The SMILES string of the molecule is COC(=O)Nc1c(C)n(C)n(-c2cccc(OC)c2)c1=O. The van der Waals surface area contributed by atoms with Crippen LogP contribution in [0.1, 0.15) is 5.69 Å². The van der Waals surface area contributed by atoms with E-state index in [9.17, 15) is 9.59 Å². The van der Waals surface area contributed by atoms with Crippen molar-refractivity contribution in [3.05, 3.63) is 40.3 Å². The van der Waals surface area contributed by atoms with Gasteiger partial charge in [0.05, 0.1) is 25.6 Å². The van der Waals surface area contributed by atoms with Crippen molar-refractivity contribution in [1.82, 2.24) is 9.36 Å². The van der Waals surface area contributed by atoms with E-state index in [2.05, 4.69) is 10.1 Å². The van der Waals surface area contributed by atoms with Crippen molar-refractivity contribution in [3.63, 3.8) is 0 Å². The van der Waals surface area contributed by atoms with Gasteiger partial charge in [-0.15, -0.1) is 0 Å². The maximum atomic E-state index is 12.5. The molecule has 0 fully saturated rings. The zero-order chi connectivity index (χ0) is 15.6. The maximum Gasteiger partial charge on any atom is 0.411 e. The summed E-state index contributed by atoms with van der Waals surface area (Å²) >= 11 is 0. The molecule has 1 aromatic heterocycles. The third-order valence-corrected chi connectivity index (χ3v) is 3.26. The molecule has 0 saturated heterocycles. The van der Waals surface area contributed by atoms with Gasteiger partial charge in [-0.1, -0.05) is 6.07 Å². The van der Waals surface area contributed by atoms with Crippen LogP contribution in [0.4, 0.5) is 10.5 Å². The summed E-state index contributed by atoms with van der Waals surface area (Å²) < 4.78 is 12.8. The Kier molecular flexibility index (Phi) is 4.02. The molecule has 7 nitrogen and oxygen atoms in total. The van der Waals surface area contributed by atoms with Crippen LogP contribution in [0, 0.1) is 6.92 Å². The van der Waals surface area contributed by atoms with Gasteiger partial charge in [-0.05, 0) is 19.1 Å². The third-order valence-electron chi connectivity index (χ3n) is 3.26. The molecule has 1 heterocycles. The van der Waals surface area contributed by atoms with Gasteiger partial charge in [0.15, 0.2) is 0 Å². The fourth-order valence-corrected chi connectivity index (χ4v) is 2.04. The number of nitrogens with zero attached hydrogens (tertiary/aromatic N) is 2. The molecule has 0 atom stereocenters. The number of methoxy groups -OCH3 is 2. The number of carbonyl (C=O) groups excluding carboxylic acids is 1. The summed E-state index contributed by atoms with van der Waals surface area (Å²) in [6.45, 7) is 1.74. The normalized spacial score (nSPS) is 10.3. The van der Waals surface area contributed by atoms with Gasteiger partial charge in [0.1, 0.15) is 11.4 Å².